The van der Waals surface area contributed by atoms with E-state index >= 15 is 0 Å². The number of fused-ring (bicyclic) bond motifs is 3. The summed E-state index contributed by atoms with van der Waals surface area (Å²) >= 11 is 3.24. The molecule has 4 heteroatoms. The SMILES string of the molecule is C#CP1(=O)c2ccsc2-c2sccc21. The highest BCUT2D eigenvalue weighted by Gasteiger charge is 2.39. The van der Waals surface area contributed by atoms with Crippen molar-refractivity contribution in [1.29, 1.82) is 0 Å². The lowest BCUT2D eigenvalue weighted by Crippen LogP contribution is -2.04. The van der Waals surface area contributed by atoms with E-state index in [0.717, 1.165) is 20.4 Å². The van der Waals surface area contributed by atoms with E-state index in [-0.39, 0.29) is 0 Å². The molecular formula is C10H5OPS2. The Hall–Kier alpha value is -0.810. The highest BCUT2D eigenvalue weighted by Crippen LogP contribution is 2.55. The van der Waals surface area contributed by atoms with Crippen LogP contribution in [0.15, 0.2) is 22.9 Å². The molecule has 14 heavy (non-hydrogen) atoms. The van der Waals surface area contributed by atoms with Gasteiger partial charge in [0.1, 0.15) is 0 Å². The predicted octanol–water partition coefficient (Wildman–Crippen LogP) is 2.69. The van der Waals surface area contributed by atoms with E-state index < -0.39 is 7.14 Å². The highest BCUT2D eigenvalue weighted by molar-refractivity contribution is 7.85. The molecule has 0 spiro atoms. The maximum atomic E-state index is 12.5. The van der Waals surface area contributed by atoms with Crippen LogP contribution in [0.25, 0.3) is 9.75 Å². The van der Waals surface area contributed by atoms with E-state index in [0.29, 0.717) is 0 Å². The summed E-state index contributed by atoms with van der Waals surface area (Å²) in [7, 11) is -2.69. The molecule has 1 aliphatic heterocycles. The van der Waals surface area contributed by atoms with E-state index in [1.165, 1.54) is 0 Å². The standard InChI is InChI=1S/C10H5OPS2/c1-2-12(11)7-3-5-13-9(7)10-8(12)4-6-14-10/h1,3-6H. The predicted molar refractivity (Wildman–Crippen MR) is 63.3 cm³/mol. The van der Waals surface area contributed by atoms with Crippen LogP contribution in [-0.2, 0) is 4.57 Å². The lowest BCUT2D eigenvalue weighted by molar-refractivity contribution is 0.593. The molecule has 0 saturated carbocycles. The van der Waals surface area contributed by atoms with Gasteiger partial charge in [-0.3, -0.25) is 4.57 Å². The zero-order chi connectivity index (χ0) is 9.76. The van der Waals surface area contributed by atoms with Crippen molar-refractivity contribution < 1.29 is 4.57 Å². The fourth-order valence-corrected chi connectivity index (χ4v) is 6.83. The fraction of sp³-hybridized carbons (Fsp3) is 0. The van der Waals surface area contributed by atoms with Gasteiger partial charge in [0.15, 0.2) is 0 Å². The second kappa shape index (κ2) is 2.61. The minimum atomic E-state index is -2.69. The average molecular weight is 236 g/mol. The van der Waals surface area contributed by atoms with Crippen molar-refractivity contribution in [1.82, 2.24) is 0 Å². The van der Waals surface area contributed by atoms with Gasteiger partial charge in [0.2, 0.25) is 7.14 Å². The van der Waals surface area contributed by atoms with Gasteiger partial charge >= 0.3 is 0 Å². The van der Waals surface area contributed by atoms with Crippen LogP contribution in [0.3, 0.4) is 0 Å². The Labute approximate surface area is 89.8 Å². The second-order valence-electron chi connectivity index (χ2n) is 3.01. The molecule has 0 aliphatic carbocycles. The first-order valence-electron chi connectivity index (χ1n) is 4.02. The summed E-state index contributed by atoms with van der Waals surface area (Å²) < 4.78 is 12.5. The summed E-state index contributed by atoms with van der Waals surface area (Å²) in [6.07, 6.45) is 5.41. The molecule has 1 nitrogen and oxygen atoms in total. The van der Waals surface area contributed by atoms with Gasteiger partial charge in [0.05, 0.1) is 9.75 Å². The lowest BCUT2D eigenvalue weighted by atomic mass is 10.4. The topological polar surface area (TPSA) is 17.1 Å². The molecule has 0 saturated heterocycles. The Morgan fingerprint density at radius 3 is 2.07 bits per heavy atom. The summed E-state index contributed by atoms with van der Waals surface area (Å²) in [6, 6.07) is 3.79. The van der Waals surface area contributed by atoms with Gasteiger partial charge in [-0.05, 0) is 28.6 Å². The number of thiophene rings is 2. The maximum Gasteiger partial charge on any atom is 0.213 e. The minimum Gasteiger partial charge on any atom is -0.300 e. The van der Waals surface area contributed by atoms with E-state index in [4.69, 9.17) is 6.42 Å². The molecule has 0 bridgehead atoms. The first-order valence-corrected chi connectivity index (χ1v) is 7.48. The molecule has 0 unspecified atom stereocenters. The molecule has 3 rings (SSSR count). The van der Waals surface area contributed by atoms with Crippen LogP contribution < -0.4 is 10.6 Å². The Morgan fingerprint density at radius 2 is 1.64 bits per heavy atom. The van der Waals surface area contributed by atoms with Gasteiger partial charge in [-0.1, -0.05) is 0 Å². The van der Waals surface area contributed by atoms with Crippen molar-refractivity contribution in [2.24, 2.45) is 0 Å². The number of terminal acetylenes is 1. The highest BCUT2D eigenvalue weighted by atomic mass is 32.1. The van der Waals surface area contributed by atoms with Crippen LogP contribution >= 0.6 is 29.8 Å². The molecule has 1 aliphatic rings. The molecule has 0 atom stereocenters. The molecule has 0 aromatic carbocycles. The van der Waals surface area contributed by atoms with Crippen LogP contribution in [0.5, 0.6) is 0 Å². The van der Waals surface area contributed by atoms with Gasteiger partial charge < -0.3 is 0 Å². The van der Waals surface area contributed by atoms with E-state index in [1.807, 2.05) is 22.9 Å². The van der Waals surface area contributed by atoms with Crippen LogP contribution in [0.2, 0.25) is 0 Å². The minimum absolute atomic E-state index is 0.867. The van der Waals surface area contributed by atoms with Gasteiger partial charge in [-0.2, -0.15) is 0 Å². The van der Waals surface area contributed by atoms with E-state index in [1.54, 1.807) is 22.7 Å². The third-order valence-electron chi connectivity index (χ3n) is 2.36. The third-order valence-corrected chi connectivity index (χ3v) is 7.12. The summed E-state index contributed by atoms with van der Waals surface area (Å²) in [5.74, 6) is 0. The molecule has 2 aromatic rings. The van der Waals surface area contributed by atoms with Crippen LogP contribution in [-0.4, -0.2) is 0 Å². The second-order valence-corrected chi connectivity index (χ2v) is 7.28. The van der Waals surface area contributed by atoms with Gasteiger partial charge in [0, 0.05) is 10.6 Å². The van der Waals surface area contributed by atoms with Crippen molar-refractivity contribution in [3.8, 4) is 21.8 Å². The largest absolute Gasteiger partial charge is 0.300 e. The van der Waals surface area contributed by atoms with Gasteiger partial charge in [-0.15, -0.1) is 29.1 Å². The molecule has 3 heterocycles. The van der Waals surface area contributed by atoms with Crippen LogP contribution in [0, 0.1) is 12.1 Å². The summed E-state index contributed by atoms with van der Waals surface area (Å²) in [4.78, 5) is 2.22. The Kier molecular flexibility index (Phi) is 1.58. The third kappa shape index (κ3) is 0.797. The number of rotatable bonds is 0. The van der Waals surface area contributed by atoms with Gasteiger partial charge in [0.25, 0.3) is 0 Å². The Bertz CT molecular complexity index is 555. The quantitative estimate of drug-likeness (QED) is 0.507. The summed E-state index contributed by atoms with van der Waals surface area (Å²) in [6.45, 7) is 0. The van der Waals surface area contributed by atoms with Crippen LogP contribution in [0.1, 0.15) is 0 Å². The van der Waals surface area contributed by atoms with Crippen molar-refractivity contribution in [3.63, 3.8) is 0 Å². The van der Waals surface area contributed by atoms with Crippen molar-refractivity contribution >= 4 is 40.4 Å². The van der Waals surface area contributed by atoms with Crippen molar-refractivity contribution in [3.05, 3.63) is 22.9 Å². The zero-order valence-corrected chi connectivity index (χ0v) is 9.59. The molecule has 0 N–H and O–H groups in total. The molecule has 0 fully saturated rings. The monoisotopic (exact) mass is 236 g/mol. The molecule has 68 valence electrons. The normalized spacial score (nSPS) is 15.9. The number of hydrogen-bond acceptors (Lipinski definition) is 3. The number of hydrogen-bond donors (Lipinski definition) is 0. The van der Waals surface area contributed by atoms with E-state index in [9.17, 15) is 4.57 Å². The molecule has 0 radical (unpaired) electrons. The lowest BCUT2D eigenvalue weighted by Gasteiger charge is -2.02. The van der Waals surface area contributed by atoms with Crippen molar-refractivity contribution in [2.75, 3.05) is 0 Å². The Morgan fingerprint density at radius 1 is 1.14 bits per heavy atom. The average Bonchev–Trinajstić information content (AvgIpc) is 2.85. The van der Waals surface area contributed by atoms with Gasteiger partial charge in [-0.25, -0.2) is 0 Å². The Balaban J connectivity index is 2.51. The summed E-state index contributed by atoms with van der Waals surface area (Å²) in [5.41, 5.74) is 2.49. The van der Waals surface area contributed by atoms with Crippen molar-refractivity contribution in [2.45, 2.75) is 0 Å². The summed E-state index contributed by atoms with van der Waals surface area (Å²) in [5, 5.41) is 5.65. The maximum absolute atomic E-state index is 12.5. The molecule has 0 amide bonds. The molecule has 2 aromatic heterocycles. The fourth-order valence-electron chi connectivity index (χ4n) is 1.71. The zero-order valence-electron chi connectivity index (χ0n) is 7.06. The molecular weight excluding hydrogens is 231 g/mol. The van der Waals surface area contributed by atoms with Crippen LogP contribution in [0.4, 0.5) is 0 Å². The first-order chi connectivity index (χ1) is 6.77. The van der Waals surface area contributed by atoms with E-state index in [2.05, 4.69) is 5.66 Å². The first kappa shape index (κ1) is 8.49. The smallest absolute Gasteiger partial charge is 0.213 e.